The van der Waals surface area contributed by atoms with Crippen LogP contribution in [-0.2, 0) is 17.9 Å². The van der Waals surface area contributed by atoms with Gasteiger partial charge in [-0.25, -0.2) is 4.98 Å². The van der Waals surface area contributed by atoms with E-state index in [2.05, 4.69) is 15.6 Å². The molecule has 0 aliphatic carbocycles. The molecule has 102 valence electrons. The normalized spacial score (nSPS) is 11.2. The van der Waals surface area contributed by atoms with E-state index in [1.54, 1.807) is 6.20 Å². The Morgan fingerprint density at radius 1 is 1.47 bits per heavy atom. The van der Waals surface area contributed by atoms with E-state index in [1.807, 2.05) is 43.8 Å². The fourth-order valence-corrected chi connectivity index (χ4v) is 2.17. The highest BCUT2D eigenvalue weighted by atomic mass is 16.2. The van der Waals surface area contributed by atoms with E-state index < -0.39 is 0 Å². The number of fused-ring (bicyclic) bond motifs is 1. The van der Waals surface area contributed by atoms with Gasteiger partial charge in [0.25, 0.3) is 0 Å². The summed E-state index contributed by atoms with van der Waals surface area (Å²) < 4.78 is 1.90. The number of nitrogens with zero attached hydrogens (tertiary/aromatic N) is 2. The fraction of sp³-hybridized carbons (Fsp3) is 0.429. The van der Waals surface area contributed by atoms with E-state index in [1.165, 1.54) is 0 Å². The van der Waals surface area contributed by atoms with Crippen LogP contribution in [0.3, 0.4) is 0 Å². The van der Waals surface area contributed by atoms with Gasteiger partial charge in [-0.3, -0.25) is 4.79 Å². The summed E-state index contributed by atoms with van der Waals surface area (Å²) in [5.74, 6) is 0.00793. The van der Waals surface area contributed by atoms with E-state index in [0.29, 0.717) is 6.54 Å². The van der Waals surface area contributed by atoms with Crippen LogP contribution in [0.25, 0.3) is 11.0 Å². The van der Waals surface area contributed by atoms with E-state index in [-0.39, 0.29) is 11.9 Å². The second-order valence-electron chi connectivity index (χ2n) is 4.91. The second kappa shape index (κ2) is 5.84. The highest BCUT2D eigenvalue weighted by Crippen LogP contribution is 2.19. The van der Waals surface area contributed by atoms with Crippen LogP contribution < -0.4 is 10.6 Å². The fourth-order valence-electron chi connectivity index (χ4n) is 2.17. The van der Waals surface area contributed by atoms with Crippen molar-refractivity contribution in [3.05, 3.63) is 30.1 Å². The summed E-state index contributed by atoms with van der Waals surface area (Å²) in [6.07, 6.45) is 3.75. The first-order valence-electron chi connectivity index (χ1n) is 6.48. The van der Waals surface area contributed by atoms with Crippen molar-refractivity contribution in [3.8, 4) is 0 Å². The second-order valence-corrected chi connectivity index (χ2v) is 4.91. The van der Waals surface area contributed by atoms with E-state index in [0.717, 1.165) is 23.1 Å². The molecule has 2 aromatic heterocycles. The van der Waals surface area contributed by atoms with Gasteiger partial charge in [-0.2, -0.15) is 0 Å². The quantitative estimate of drug-likeness (QED) is 0.851. The predicted octanol–water partition coefficient (Wildman–Crippen LogP) is 1.28. The highest BCUT2D eigenvalue weighted by molar-refractivity contribution is 5.83. The standard InChI is InChI=1S/C14H20N4O/c1-10(2)17-13(19)9-18-8-11(7-15-3)12-5-4-6-16-14(12)18/h4-6,8,10,15H,7,9H2,1-3H3,(H,17,19). The molecule has 0 spiro atoms. The number of aromatic nitrogens is 2. The van der Waals surface area contributed by atoms with Crippen molar-refractivity contribution in [1.29, 1.82) is 0 Å². The zero-order chi connectivity index (χ0) is 13.8. The van der Waals surface area contributed by atoms with Gasteiger partial charge in [-0.05, 0) is 38.6 Å². The van der Waals surface area contributed by atoms with Gasteiger partial charge < -0.3 is 15.2 Å². The lowest BCUT2D eigenvalue weighted by molar-refractivity contribution is -0.122. The van der Waals surface area contributed by atoms with Crippen molar-refractivity contribution in [2.75, 3.05) is 7.05 Å². The molecule has 2 N–H and O–H groups in total. The van der Waals surface area contributed by atoms with Crippen LogP contribution in [0.1, 0.15) is 19.4 Å². The van der Waals surface area contributed by atoms with Gasteiger partial charge in [0.05, 0.1) is 0 Å². The summed E-state index contributed by atoms with van der Waals surface area (Å²) >= 11 is 0. The molecule has 0 aliphatic rings. The molecular weight excluding hydrogens is 240 g/mol. The smallest absolute Gasteiger partial charge is 0.240 e. The SMILES string of the molecule is CNCc1cn(CC(=O)NC(C)C)c2ncccc12. The molecule has 1 amide bonds. The molecule has 0 radical (unpaired) electrons. The minimum atomic E-state index is 0.00793. The Bertz CT molecular complexity index is 574. The average Bonchev–Trinajstić information content (AvgIpc) is 2.68. The molecule has 2 aromatic rings. The number of amides is 1. The topological polar surface area (TPSA) is 59.0 Å². The minimum Gasteiger partial charge on any atom is -0.352 e. The Balaban J connectivity index is 2.30. The first-order valence-corrected chi connectivity index (χ1v) is 6.48. The molecular formula is C14H20N4O. The van der Waals surface area contributed by atoms with Gasteiger partial charge >= 0.3 is 0 Å². The molecule has 5 nitrogen and oxygen atoms in total. The number of hydrogen-bond acceptors (Lipinski definition) is 3. The van der Waals surface area contributed by atoms with E-state index in [4.69, 9.17) is 0 Å². The number of carbonyl (C=O) groups is 1. The lowest BCUT2D eigenvalue weighted by Crippen LogP contribution is -2.33. The zero-order valence-corrected chi connectivity index (χ0v) is 11.6. The van der Waals surface area contributed by atoms with Gasteiger partial charge in [-0.15, -0.1) is 0 Å². The van der Waals surface area contributed by atoms with Crippen LogP contribution in [0.15, 0.2) is 24.5 Å². The molecule has 0 unspecified atom stereocenters. The van der Waals surface area contributed by atoms with Gasteiger partial charge in [0.2, 0.25) is 5.91 Å². The number of pyridine rings is 1. The van der Waals surface area contributed by atoms with E-state index >= 15 is 0 Å². The number of carbonyl (C=O) groups excluding carboxylic acids is 1. The summed E-state index contributed by atoms with van der Waals surface area (Å²) in [6, 6.07) is 4.10. The van der Waals surface area contributed by atoms with Crippen LogP contribution in [0, 0.1) is 0 Å². The summed E-state index contributed by atoms with van der Waals surface area (Å²) in [7, 11) is 1.91. The maximum atomic E-state index is 11.9. The maximum absolute atomic E-state index is 11.9. The first kappa shape index (κ1) is 13.5. The zero-order valence-electron chi connectivity index (χ0n) is 11.6. The number of nitrogens with one attached hydrogen (secondary N) is 2. The van der Waals surface area contributed by atoms with Gasteiger partial charge in [0, 0.05) is 30.4 Å². The third kappa shape index (κ3) is 3.12. The van der Waals surface area contributed by atoms with Gasteiger partial charge in [-0.1, -0.05) is 0 Å². The van der Waals surface area contributed by atoms with Crippen molar-refractivity contribution in [2.24, 2.45) is 0 Å². The minimum absolute atomic E-state index is 0.00793. The number of hydrogen-bond donors (Lipinski definition) is 2. The molecule has 0 fully saturated rings. The largest absolute Gasteiger partial charge is 0.352 e. The van der Waals surface area contributed by atoms with Crippen molar-refractivity contribution >= 4 is 16.9 Å². The van der Waals surface area contributed by atoms with Crippen molar-refractivity contribution in [3.63, 3.8) is 0 Å². The lowest BCUT2D eigenvalue weighted by atomic mass is 10.2. The Hall–Kier alpha value is -1.88. The van der Waals surface area contributed by atoms with Gasteiger partial charge in [0.1, 0.15) is 12.2 Å². The monoisotopic (exact) mass is 260 g/mol. The Labute approximate surface area is 113 Å². The van der Waals surface area contributed by atoms with Crippen LogP contribution in [0.4, 0.5) is 0 Å². The predicted molar refractivity (Wildman–Crippen MR) is 75.8 cm³/mol. The average molecular weight is 260 g/mol. The molecule has 2 heterocycles. The molecule has 0 aliphatic heterocycles. The van der Waals surface area contributed by atoms with Crippen molar-refractivity contribution in [1.82, 2.24) is 20.2 Å². The molecule has 5 heteroatoms. The highest BCUT2D eigenvalue weighted by Gasteiger charge is 2.11. The molecule has 2 rings (SSSR count). The van der Waals surface area contributed by atoms with Crippen molar-refractivity contribution < 1.29 is 4.79 Å². The molecule has 0 atom stereocenters. The summed E-state index contributed by atoms with van der Waals surface area (Å²) in [5, 5.41) is 7.12. The summed E-state index contributed by atoms with van der Waals surface area (Å²) in [4.78, 5) is 16.2. The summed E-state index contributed by atoms with van der Waals surface area (Å²) in [6.45, 7) is 4.98. The van der Waals surface area contributed by atoms with Crippen molar-refractivity contribution in [2.45, 2.75) is 33.0 Å². The Morgan fingerprint density at radius 3 is 2.95 bits per heavy atom. The van der Waals surface area contributed by atoms with Crippen LogP contribution in [0.2, 0.25) is 0 Å². The third-order valence-corrected chi connectivity index (χ3v) is 2.85. The Morgan fingerprint density at radius 2 is 2.26 bits per heavy atom. The van der Waals surface area contributed by atoms with E-state index in [9.17, 15) is 4.79 Å². The first-order chi connectivity index (χ1) is 9.11. The van der Waals surface area contributed by atoms with Crippen LogP contribution in [-0.4, -0.2) is 28.5 Å². The van der Waals surface area contributed by atoms with Crippen LogP contribution >= 0.6 is 0 Å². The maximum Gasteiger partial charge on any atom is 0.240 e. The van der Waals surface area contributed by atoms with Crippen LogP contribution in [0.5, 0.6) is 0 Å². The molecule has 0 bridgehead atoms. The molecule has 0 saturated heterocycles. The Kier molecular flexibility index (Phi) is 4.16. The lowest BCUT2D eigenvalue weighted by Gasteiger charge is -2.09. The number of rotatable bonds is 5. The van der Waals surface area contributed by atoms with Gasteiger partial charge in [0.15, 0.2) is 0 Å². The molecule has 0 aromatic carbocycles. The molecule has 19 heavy (non-hydrogen) atoms. The third-order valence-electron chi connectivity index (χ3n) is 2.85. The molecule has 0 saturated carbocycles. The summed E-state index contributed by atoms with van der Waals surface area (Å²) in [5.41, 5.74) is 2.01.